The molecular weight excluding hydrogens is 314 g/mol. The normalized spacial score (nSPS) is 15.6. The van der Waals surface area contributed by atoms with Crippen LogP contribution in [0.1, 0.15) is 16.2 Å². The number of aromatic nitrogens is 3. The first-order valence-electron chi connectivity index (χ1n) is 8.54. The summed E-state index contributed by atoms with van der Waals surface area (Å²) in [4.78, 5) is 25.5. The van der Waals surface area contributed by atoms with Crippen LogP contribution in [0.2, 0.25) is 0 Å². The maximum atomic E-state index is 12.5. The fourth-order valence-electron chi connectivity index (χ4n) is 3.32. The van der Waals surface area contributed by atoms with Crippen molar-refractivity contribution in [3.8, 4) is 0 Å². The van der Waals surface area contributed by atoms with Crippen LogP contribution in [0, 0.1) is 0 Å². The molecule has 2 aromatic heterocycles. The summed E-state index contributed by atoms with van der Waals surface area (Å²) in [6, 6.07) is 11.8. The Kier molecular flexibility index (Phi) is 4.19. The van der Waals surface area contributed by atoms with Crippen molar-refractivity contribution < 1.29 is 4.79 Å². The number of aryl methyl sites for hydroxylation is 1. The number of imidazole rings is 1. The molecule has 1 aliphatic heterocycles. The van der Waals surface area contributed by atoms with E-state index in [4.69, 9.17) is 4.98 Å². The number of para-hydroxylation sites is 2. The summed E-state index contributed by atoms with van der Waals surface area (Å²) in [5.74, 6) is 1.13. The Labute approximate surface area is 146 Å². The molecule has 1 amide bonds. The van der Waals surface area contributed by atoms with Gasteiger partial charge in [-0.15, -0.1) is 0 Å². The molecule has 0 N–H and O–H groups in total. The molecule has 0 aliphatic carbocycles. The van der Waals surface area contributed by atoms with Crippen LogP contribution in [0.3, 0.4) is 0 Å². The Bertz CT molecular complexity index is 881. The standard InChI is InChI=1S/C19H21N5O/c1-22-17-7-3-2-6-16(17)21-18(22)14-23-9-11-24(12-10-23)19(25)15-5-4-8-20-13-15/h2-8,13H,9-12,14H2,1H3. The number of carbonyl (C=O) groups is 1. The average Bonchev–Trinajstić information content (AvgIpc) is 2.98. The topological polar surface area (TPSA) is 54.3 Å². The molecule has 3 heterocycles. The van der Waals surface area contributed by atoms with Crippen LogP contribution < -0.4 is 0 Å². The molecule has 1 aliphatic rings. The van der Waals surface area contributed by atoms with Crippen molar-refractivity contribution in [3.05, 3.63) is 60.2 Å². The van der Waals surface area contributed by atoms with Crippen LogP contribution in [0.25, 0.3) is 11.0 Å². The number of hydrogen-bond donors (Lipinski definition) is 0. The van der Waals surface area contributed by atoms with Gasteiger partial charge in [-0.25, -0.2) is 4.98 Å². The van der Waals surface area contributed by atoms with Crippen LogP contribution in [0.4, 0.5) is 0 Å². The van der Waals surface area contributed by atoms with Gasteiger partial charge in [0.15, 0.2) is 0 Å². The SMILES string of the molecule is Cn1c(CN2CCN(C(=O)c3cccnc3)CC2)nc2ccccc21. The Balaban J connectivity index is 1.40. The molecule has 25 heavy (non-hydrogen) atoms. The maximum absolute atomic E-state index is 12.5. The summed E-state index contributed by atoms with van der Waals surface area (Å²) in [5, 5.41) is 0. The second kappa shape index (κ2) is 6.64. The largest absolute Gasteiger partial charge is 0.336 e. The van der Waals surface area contributed by atoms with Gasteiger partial charge in [0.25, 0.3) is 5.91 Å². The van der Waals surface area contributed by atoms with Gasteiger partial charge in [0, 0.05) is 45.6 Å². The van der Waals surface area contributed by atoms with Gasteiger partial charge >= 0.3 is 0 Å². The van der Waals surface area contributed by atoms with Gasteiger partial charge in [-0.1, -0.05) is 12.1 Å². The van der Waals surface area contributed by atoms with E-state index in [-0.39, 0.29) is 5.91 Å². The fraction of sp³-hybridized carbons (Fsp3) is 0.316. The summed E-state index contributed by atoms with van der Waals surface area (Å²) < 4.78 is 2.16. The molecule has 1 saturated heterocycles. The first kappa shape index (κ1) is 15.8. The number of fused-ring (bicyclic) bond motifs is 1. The first-order chi connectivity index (χ1) is 12.2. The number of carbonyl (C=O) groups excluding carboxylic acids is 1. The number of pyridine rings is 1. The Morgan fingerprint density at radius 1 is 1.08 bits per heavy atom. The lowest BCUT2D eigenvalue weighted by Gasteiger charge is -2.34. The minimum atomic E-state index is 0.0653. The zero-order valence-corrected chi connectivity index (χ0v) is 14.3. The second-order valence-electron chi connectivity index (χ2n) is 6.39. The van der Waals surface area contributed by atoms with Gasteiger partial charge < -0.3 is 9.47 Å². The van der Waals surface area contributed by atoms with E-state index in [2.05, 4.69) is 27.6 Å². The highest BCUT2D eigenvalue weighted by molar-refractivity contribution is 5.93. The molecule has 0 saturated carbocycles. The van der Waals surface area contributed by atoms with Gasteiger partial charge in [0.05, 0.1) is 23.1 Å². The second-order valence-corrected chi connectivity index (χ2v) is 6.39. The molecule has 6 heteroatoms. The van der Waals surface area contributed by atoms with Crippen molar-refractivity contribution in [1.29, 1.82) is 0 Å². The van der Waals surface area contributed by atoms with E-state index in [1.165, 1.54) is 0 Å². The monoisotopic (exact) mass is 335 g/mol. The maximum Gasteiger partial charge on any atom is 0.255 e. The highest BCUT2D eigenvalue weighted by Gasteiger charge is 2.23. The van der Waals surface area contributed by atoms with Gasteiger partial charge in [0.2, 0.25) is 0 Å². The van der Waals surface area contributed by atoms with Gasteiger partial charge in [-0.3, -0.25) is 14.7 Å². The summed E-state index contributed by atoms with van der Waals surface area (Å²) in [6.45, 7) is 3.99. The summed E-state index contributed by atoms with van der Waals surface area (Å²) in [7, 11) is 2.06. The van der Waals surface area contributed by atoms with Crippen LogP contribution >= 0.6 is 0 Å². The van der Waals surface area contributed by atoms with Gasteiger partial charge in [-0.05, 0) is 24.3 Å². The number of nitrogens with zero attached hydrogens (tertiary/aromatic N) is 5. The molecular formula is C19H21N5O. The van der Waals surface area contributed by atoms with E-state index < -0.39 is 0 Å². The minimum absolute atomic E-state index is 0.0653. The van der Waals surface area contributed by atoms with E-state index in [0.717, 1.165) is 49.6 Å². The van der Waals surface area contributed by atoms with Crippen LogP contribution in [0.5, 0.6) is 0 Å². The molecule has 128 valence electrons. The predicted octanol–water partition coefficient (Wildman–Crippen LogP) is 1.93. The third-order valence-electron chi connectivity index (χ3n) is 4.81. The van der Waals surface area contributed by atoms with E-state index >= 15 is 0 Å². The third-order valence-corrected chi connectivity index (χ3v) is 4.81. The summed E-state index contributed by atoms with van der Waals surface area (Å²) in [6.07, 6.45) is 3.32. The quantitative estimate of drug-likeness (QED) is 0.734. The number of benzene rings is 1. The lowest BCUT2D eigenvalue weighted by Crippen LogP contribution is -2.48. The number of hydrogen-bond acceptors (Lipinski definition) is 4. The minimum Gasteiger partial charge on any atom is -0.336 e. The Hall–Kier alpha value is -2.73. The highest BCUT2D eigenvalue weighted by atomic mass is 16.2. The molecule has 0 unspecified atom stereocenters. The van der Waals surface area contributed by atoms with Crippen LogP contribution in [-0.4, -0.2) is 56.4 Å². The average molecular weight is 335 g/mol. The Morgan fingerprint density at radius 3 is 2.60 bits per heavy atom. The first-order valence-corrected chi connectivity index (χ1v) is 8.54. The molecule has 4 rings (SSSR count). The van der Waals surface area contributed by atoms with Crippen molar-refractivity contribution in [3.63, 3.8) is 0 Å². The van der Waals surface area contributed by atoms with Crippen molar-refractivity contribution in [1.82, 2.24) is 24.3 Å². The van der Waals surface area contributed by atoms with Crippen LogP contribution in [0.15, 0.2) is 48.8 Å². The number of amides is 1. The smallest absolute Gasteiger partial charge is 0.255 e. The van der Waals surface area contributed by atoms with Crippen molar-refractivity contribution in [2.75, 3.05) is 26.2 Å². The molecule has 3 aromatic rings. The lowest BCUT2D eigenvalue weighted by molar-refractivity contribution is 0.0624. The fourth-order valence-corrected chi connectivity index (χ4v) is 3.32. The lowest BCUT2D eigenvalue weighted by atomic mass is 10.2. The van der Waals surface area contributed by atoms with Gasteiger partial charge in [-0.2, -0.15) is 0 Å². The molecule has 0 bridgehead atoms. The molecule has 1 aromatic carbocycles. The van der Waals surface area contributed by atoms with Crippen molar-refractivity contribution in [2.45, 2.75) is 6.54 Å². The van der Waals surface area contributed by atoms with Gasteiger partial charge in [0.1, 0.15) is 5.82 Å². The Morgan fingerprint density at radius 2 is 1.88 bits per heavy atom. The van der Waals surface area contributed by atoms with E-state index in [1.54, 1.807) is 18.5 Å². The highest BCUT2D eigenvalue weighted by Crippen LogP contribution is 2.16. The zero-order valence-electron chi connectivity index (χ0n) is 14.3. The van der Waals surface area contributed by atoms with E-state index in [0.29, 0.717) is 5.56 Å². The van der Waals surface area contributed by atoms with Crippen molar-refractivity contribution >= 4 is 16.9 Å². The van der Waals surface area contributed by atoms with Crippen molar-refractivity contribution in [2.24, 2.45) is 7.05 Å². The zero-order chi connectivity index (χ0) is 17.2. The van der Waals surface area contributed by atoms with E-state index in [9.17, 15) is 4.79 Å². The third kappa shape index (κ3) is 3.13. The van der Waals surface area contributed by atoms with Crippen LogP contribution in [-0.2, 0) is 13.6 Å². The summed E-state index contributed by atoms with van der Waals surface area (Å²) >= 11 is 0. The van der Waals surface area contributed by atoms with E-state index in [1.807, 2.05) is 29.2 Å². The molecule has 1 fully saturated rings. The predicted molar refractivity (Wildman–Crippen MR) is 96.1 cm³/mol. The molecule has 0 spiro atoms. The molecule has 0 radical (unpaired) electrons. The molecule has 6 nitrogen and oxygen atoms in total. The number of rotatable bonds is 3. The molecule has 0 atom stereocenters. The summed E-state index contributed by atoms with van der Waals surface area (Å²) in [5.41, 5.74) is 2.85. The number of piperazine rings is 1.